The molecule has 0 unspecified atom stereocenters. The van der Waals surface area contributed by atoms with Gasteiger partial charge in [-0.15, -0.1) is 0 Å². The average Bonchev–Trinajstić information content (AvgIpc) is 3.23. The first-order valence-electron chi connectivity index (χ1n) is 10.4. The molecule has 4 rings (SSSR count). The van der Waals surface area contributed by atoms with E-state index in [0.29, 0.717) is 5.69 Å². The maximum atomic E-state index is 13.2. The van der Waals surface area contributed by atoms with Gasteiger partial charge in [0.15, 0.2) is 0 Å². The second kappa shape index (κ2) is 8.93. The predicted molar refractivity (Wildman–Crippen MR) is 118 cm³/mol. The van der Waals surface area contributed by atoms with E-state index >= 15 is 0 Å². The van der Waals surface area contributed by atoms with E-state index in [4.69, 9.17) is 10.5 Å². The number of anilines is 1. The van der Waals surface area contributed by atoms with E-state index in [1.165, 1.54) is 33.5 Å². The van der Waals surface area contributed by atoms with Crippen LogP contribution in [0.15, 0.2) is 59.5 Å². The molecule has 0 saturated carbocycles. The summed E-state index contributed by atoms with van der Waals surface area (Å²) in [4.78, 5) is 37.8. The monoisotopic (exact) mass is 472 g/mol. The first kappa shape index (κ1) is 22.9. The number of likely N-dealkylation sites (tertiary alicyclic amines) is 1. The van der Waals surface area contributed by atoms with Crippen LogP contribution in [0.4, 0.5) is 5.69 Å². The number of benzene rings is 2. The van der Waals surface area contributed by atoms with Crippen LogP contribution in [-0.2, 0) is 24.3 Å². The van der Waals surface area contributed by atoms with Gasteiger partial charge in [0.05, 0.1) is 11.5 Å². The summed E-state index contributed by atoms with van der Waals surface area (Å²) in [7, 11) is -3.76. The van der Waals surface area contributed by atoms with Crippen molar-refractivity contribution in [2.45, 2.75) is 23.5 Å². The number of nitrogens with one attached hydrogen (secondary N) is 1. The van der Waals surface area contributed by atoms with Crippen LogP contribution >= 0.6 is 0 Å². The average molecular weight is 473 g/mol. The van der Waals surface area contributed by atoms with Crippen molar-refractivity contribution < 1.29 is 27.5 Å². The van der Waals surface area contributed by atoms with Crippen LogP contribution in [0.3, 0.4) is 0 Å². The molecule has 2 aliphatic heterocycles. The zero-order valence-electron chi connectivity index (χ0n) is 17.8. The van der Waals surface area contributed by atoms with Gasteiger partial charge in [-0.3, -0.25) is 14.4 Å². The molecule has 174 valence electrons. The fourth-order valence-electron chi connectivity index (χ4n) is 4.15. The Bertz CT molecular complexity index is 1160. The molecule has 0 radical (unpaired) electrons. The molecule has 2 saturated heterocycles. The van der Waals surface area contributed by atoms with Gasteiger partial charge in [-0.2, -0.15) is 4.31 Å². The van der Waals surface area contributed by atoms with Crippen LogP contribution in [0.2, 0.25) is 0 Å². The second-order valence-electron chi connectivity index (χ2n) is 7.87. The zero-order chi connectivity index (χ0) is 23.6. The van der Waals surface area contributed by atoms with Crippen molar-refractivity contribution in [2.75, 3.05) is 31.6 Å². The number of nitrogens with two attached hydrogens (primary N) is 1. The number of hydrogen-bond acceptors (Lipinski definition) is 6. The van der Waals surface area contributed by atoms with Gasteiger partial charge in [0.25, 0.3) is 0 Å². The number of ether oxygens (including phenoxy) is 1. The minimum atomic E-state index is -3.76. The largest absolute Gasteiger partial charge is 0.366 e. The molecule has 1 spiro atoms. The number of nitrogens with zero attached hydrogens (tertiary/aromatic N) is 2. The molecular weight excluding hydrogens is 448 g/mol. The van der Waals surface area contributed by atoms with E-state index in [1.54, 1.807) is 30.3 Å². The molecule has 11 heteroatoms. The third kappa shape index (κ3) is 4.47. The van der Waals surface area contributed by atoms with Crippen molar-refractivity contribution >= 4 is 33.4 Å². The Hall–Kier alpha value is -3.28. The molecule has 0 bridgehead atoms. The van der Waals surface area contributed by atoms with Gasteiger partial charge in [0.2, 0.25) is 15.9 Å². The van der Waals surface area contributed by atoms with Crippen molar-refractivity contribution in [1.29, 1.82) is 0 Å². The number of carbonyl (C=O) groups is 3. The maximum Gasteiger partial charge on any atom is 0.313 e. The number of primary amides is 1. The topological polar surface area (TPSA) is 139 Å². The summed E-state index contributed by atoms with van der Waals surface area (Å²) in [6.07, 6.45) is 0.511. The molecule has 2 heterocycles. The Morgan fingerprint density at radius 2 is 1.58 bits per heavy atom. The summed E-state index contributed by atoms with van der Waals surface area (Å²) in [5, 5.41) is 2.50. The summed E-state index contributed by atoms with van der Waals surface area (Å²) in [5.41, 5.74) is 4.79. The molecule has 0 aliphatic carbocycles. The van der Waals surface area contributed by atoms with Crippen molar-refractivity contribution in [3.8, 4) is 0 Å². The lowest BCUT2D eigenvalue weighted by Crippen LogP contribution is -2.56. The van der Waals surface area contributed by atoms with Crippen LogP contribution in [0.25, 0.3) is 0 Å². The lowest BCUT2D eigenvalue weighted by atomic mass is 10.0. The highest BCUT2D eigenvalue weighted by molar-refractivity contribution is 7.89. The number of rotatable bonds is 4. The van der Waals surface area contributed by atoms with Crippen molar-refractivity contribution in [3.05, 3.63) is 60.2 Å². The van der Waals surface area contributed by atoms with Crippen LogP contribution in [0.1, 0.15) is 23.2 Å². The molecule has 3 amide bonds. The molecule has 2 aliphatic rings. The molecule has 2 aromatic rings. The molecular formula is C22H24N4O6S. The summed E-state index contributed by atoms with van der Waals surface area (Å²) in [6, 6.07) is 14.0. The Morgan fingerprint density at radius 3 is 2.18 bits per heavy atom. The SMILES string of the molecule is NC(=O)c1ccc(NC(=O)C(=O)N2CCC3(CC2)OCCN3S(=O)(=O)c2ccccc2)cc1. The molecule has 0 atom stereocenters. The molecule has 3 N–H and O–H groups in total. The number of amides is 3. The summed E-state index contributed by atoms with van der Waals surface area (Å²) in [5.74, 6) is -2.14. The quantitative estimate of drug-likeness (QED) is 0.630. The lowest BCUT2D eigenvalue weighted by Gasteiger charge is -2.42. The van der Waals surface area contributed by atoms with Crippen LogP contribution in [0.5, 0.6) is 0 Å². The van der Waals surface area contributed by atoms with E-state index in [9.17, 15) is 22.8 Å². The second-order valence-corrected chi connectivity index (χ2v) is 9.74. The lowest BCUT2D eigenvalue weighted by molar-refractivity contribution is -0.148. The predicted octanol–water partition coefficient (Wildman–Crippen LogP) is 0.764. The van der Waals surface area contributed by atoms with E-state index < -0.39 is 33.5 Å². The summed E-state index contributed by atoms with van der Waals surface area (Å²) >= 11 is 0. The summed E-state index contributed by atoms with van der Waals surface area (Å²) in [6.45, 7) is 0.843. The fourth-order valence-corrected chi connectivity index (χ4v) is 5.90. The number of sulfonamides is 1. The minimum Gasteiger partial charge on any atom is -0.366 e. The van der Waals surface area contributed by atoms with Gasteiger partial charge in [-0.25, -0.2) is 8.42 Å². The Labute approximate surface area is 191 Å². The van der Waals surface area contributed by atoms with Crippen LogP contribution in [0, 0.1) is 0 Å². The molecule has 10 nitrogen and oxygen atoms in total. The first-order chi connectivity index (χ1) is 15.7. The highest BCUT2D eigenvalue weighted by atomic mass is 32.2. The van der Waals surface area contributed by atoms with Gasteiger partial charge >= 0.3 is 11.8 Å². The first-order valence-corrected chi connectivity index (χ1v) is 11.9. The third-order valence-corrected chi connectivity index (χ3v) is 7.87. The van der Waals surface area contributed by atoms with Crippen LogP contribution < -0.4 is 11.1 Å². The van der Waals surface area contributed by atoms with Gasteiger partial charge in [0, 0.05) is 43.7 Å². The van der Waals surface area contributed by atoms with E-state index in [-0.39, 0.29) is 49.5 Å². The zero-order valence-corrected chi connectivity index (χ0v) is 18.6. The van der Waals surface area contributed by atoms with E-state index in [2.05, 4.69) is 5.32 Å². The number of hydrogen-bond donors (Lipinski definition) is 2. The molecule has 33 heavy (non-hydrogen) atoms. The highest BCUT2D eigenvalue weighted by Gasteiger charge is 2.51. The van der Waals surface area contributed by atoms with Crippen molar-refractivity contribution in [3.63, 3.8) is 0 Å². The Kier molecular flexibility index (Phi) is 6.19. The smallest absolute Gasteiger partial charge is 0.313 e. The molecule has 0 aromatic heterocycles. The summed E-state index contributed by atoms with van der Waals surface area (Å²) < 4.78 is 33.6. The third-order valence-electron chi connectivity index (χ3n) is 5.90. The number of piperidine rings is 1. The highest BCUT2D eigenvalue weighted by Crippen LogP contribution is 2.38. The number of carbonyl (C=O) groups excluding carboxylic acids is 3. The van der Waals surface area contributed by atoms with Gasteiger partial charge < -0.3 is 20.7 Å². The van der Waals surface area contributed by atoms with Gasteiger partial charge in [-0.05, 0) is 36.4 Å². The van der Waals surface area contributed by atoms with E-state index in [1.807, 2.05) is 0 Å². The Balaban J connectivity index is 1.40. The van der Waals surface area contributed by atoms with Crippen LogP contribution in [-0.4, -0.2) is 67.3 Å². The minimum absolute atomic E-state index is 0.174. The van der Waals surface area contributed by atoms with Gasteiger partial charge in [-0.1, -0.05) is 18.2 Å². The fraction of sp³-hybridized carbons (Fsp3) is 0.318. The Morgan fingerprint density at radius 1 is 0.939 bits per heavy atom. The normalized spacial score (nSPS) is 18.2. The van der Waals surface area contributed by atoms with Crippen molar-refractivity contribution in [1.82, 2.24) is 9.21 Å². The maximum absolute atomic E-state index is 13.2. The molecule has 2 fully saturated rings. The van der Waals surface area contributed by atoms with E-state index in [0.717, 1.165) is 0 Å². The van der Waals surface area contributed by atoms with Gasteiger partial charge in [0.1, 0.15) is 5.72 Å². The molecule has 2 aromatic carbocycles. The van der Waals surface area contributed by atoms with Crippen molar-refractivity contribution in [2.24, 2.45) is 5.73 Å². The standard InChI is InChI=1S/C22H24N4O6S/c23-19(27)16-6-8-17(9-7-16)24-20(28)21(29)25-12-10-22(11-13-25)26(14-15-32-22)33(30,31)18-4-2-1-3-5-18/h1-9H,10-15H2,(H2,23,27)(H,24,28).